The number of rotatable bonds is 6. The van der Waals surface area contributed by atoms with Crippen molar-refractivity contribution in [2.75, 3.05) is 18.4 Å². The van der Waals surface area contributed by atoms with Gasteiger partial charge in [0, 0.05) is 37.0 Å². The van der Waals surface area contributed by atoms with E-state index in [0.29, 0.717) is 0 Å². The van der Waals surface area contributed by atoms with Crippen LogP contribution in [-0.4, -0.2) is 39.6 Å². The molecular formula is C20H32N4O2. The van der Waals surface area contributed by atoms with Gasteiger partial charge in [0.15, 0.2) is 0 Å². The first kappa shape index (κ1) is 18.9. The highest BCUT2D eigenvalue weighted by Gasteiger charge is 2.38. The van der Waals surface area contributed by atoms with Crippen molar-refractivity contribution in [1.29, 1.82) is 0 Å². The Balaban J connectivity index is 1.71. The lowest BCUT2D eigenvalue weighted by Crippen LogP contribution is -2.43. The second-order valence-electron chi connectivity index (χ2n) is 7.77. The van der Waals surface area contributed by atoms with Crippen LogP contribution in [0.15, 0.2) is 6.20 Å². The van der Waals surface area contributed by atoms with Gasteiger partial charge in [0.05, 0.1) is 6.20 Å². The van der Waals surface area contributed by atoms with Gasteiger partial charge in [-0.3, -0.25) is 9.59 Å². The van der Waals surface area contributed by atoms with Crippen molar-refractivity contribution in [2.45, 2.75) is 71.8 Å². The maximum atomic E-state index is 13.1. The fourth-order valence-corrected chi connectivity index (χ4v) is 4.24. The smallest absolute Gasteiger partial charge is 0.229 e. The molecule has 0 unspecified atom stereocenters. The quantitative estimate of drug-likeness (QED) is 0.846. The van der Waals surface area contributed by atoms with E-state index in [1.165, 1.54) is 0 Å². The number of nitrogens with zero attached hydrogens (tertiary/aromatic N) is 3. The molecule has 2 heterocycles. The van der Waals surface area contributed by atoms with E-state index in [4.69, 9.17) is 0 Å². The second-order valence-corrected chi connectivity index (χ2v) is 7.77. The summed E-state index contributed by atoms with van der Waals surface area (Å²) in [6, 6.07) is 0. The summed E-state index contributed by atoms with van der Waals surface area (Å²) in [6.45, 7) is 6.63. The van der Waals surface area contributed by atoms with Gasteiger partial charge in [-0.05, 0) is 39.0 Å². The van der Waals surface area contributed by atoms with Crippen molar-refractivity contribution in [3.8, 4) is 0 Å². The van der Waals surface area contributed by atoms with E-state index < -0.39 is 0 Å². The molecule has 144 valence electrons. The van der Waals surface area contributed by atoms with Crippen molar-refractivity contribution in [1.82, 2.24) is 14.7 Å². The van der Waals surface area contributed by atoms with E-state index in [0.717, 1.165) is 82.4 Å². The molecule has 0 radical (unpaired) electrons. The Morgan fingerprint density at radius 1 is 1.15 bits per heavy atom. The summed E-state index contributed by atoms with van der Waals surface area (Å²) in [5.74, 6) is 0.600. The monoisotopic (exact) mass is 360 g/mol. The van der Waals surface area contributed by atoms with Crippen LogP contribution < -0.4 is 5.32 Å². The zero-order valence-electron chi connectivity index (χ0n) is 16.2. The summed E-state index contributed by atoms with van der Waals surface area (Å²) in [6.07, 6.45) is 9.80. The van der Waals surface area contributed by atoms with E-state index in [-0.39, 0.29) is 23.7 Å². The van der Waals surface area contributed by atoms with Gasteiger partial charge in [0.25, 0.3) is 0 Å². The SMILES string of the molecule is CCCCn1ncc(C)c1NC(=O)[C@H]1CCCC[C@H]1C(=O)N1CCCC1. The number of amides is 2. The summed E-state index contributed by atoms with van der Waals surface area (Å²) in [5.41, 5.74) is 0.979. The third-order valence-corrected chi connectivity index (χ3v) is 5.83. The maximum absolute atomic E-state index is 13.1. The van der Waals surface area contributed by atoms with E-state index >= 15 is 0 Å². The van der Waals surface area contributed by atoms with Crippen molar-refractivity contribution in [3.05, 3.63) is 11.8 Å². The highest BCUT2D eigenvalue weighted by molar-refractivity contribution is 5.96. The molecule has 2 aliphatic rings. The minimum absolute atomic E-state index is 0.0106. The zero-order valence-corrected chi connectivity index (χ0v) is 16.2. The third-order valence-electron chi connectivity index (χ3n) is 5.83. The minimum Gasteiger partial charge on any atom is -0.342 e. The third kappa shape index (κ3) is 4.10. The van der Waals surface area contributed by atoms with Crippen LogP contribution >= 0.6 is 0 Å². The Labute approximate surface area is 156 Å². The van der Waals surface area contributed by atoms with Crippen LogP contribution in [0.3, 0.4) is 0 Å². The predicted octanol–water partition coefficient (Wildman–Crippen LogP) is 3.36. The highest BCUT2D eigenvalue weighted by atomic mass is 16.2. The minimum atomic E-state index is -0.217. The van der Waals surface area contributed by atoms with E-state index in [1.54, 1.807) is 6.20 Å². The highest BCUT2D eigenvalue weighted by Crippen LogP contribution is 2.33. The van der Waals surface area contributed by atoms with Crippen molar-refractivity contribution in [2.24, 2.45) is 11.8 Å². The van der Waals surface area contributed by atoms with Crippen LogP contribution in [-0.2, 0) is 16.1 Å². The Hall–Kier alpha value is -1.85. The number of anilines is 1. The summed E-state index contributed by atoms with van der Waals surface area (Å²) < 4.78 is 1.89. The van der Waals surface area contributed by atoms with E-state index in [1.807, 2.05) is 16.5 Å². The summed E-state index contributed by atoms with van der Waals surface area (Å²) in [5, 5.41) is 7.50. The molecule has 1 saturated heterocycles. The predicted molar refractivity (Wildman–Crippen MR) is 102 cm³/mol. The molecule has 0 aromatic carbocycles. The van der Waals surface area contributed by atoms with Gasteiger partial charge in [-0.2, -0.15) is 5.10 Å². The van der Waals surface area contributed by atoms with Crippen molar-refractivity contribution >= 4 is 17.6 Å². The standard InChI is InChI=1S/C20H32N4O2/c1-3-4-13-24-18(15(2)14-21-24)22-19(25)16-9-5-6-10-17(16)20(26)23-11-7-8-12-23/h14,16-17H,3-13H2,1-2H3,(H,22,25)/t16-,17+/m0/s1. The Bertz CT molecular complexity index is 634. The first-order valence-corrected chi connectivity index (χ1v) is 10.2. The van der Waals surface area contributed by atoms with Crippen LogP contribution in [0.5, 0.6) is 0 Å². The number of hydrogen-bond donors (Lipinski definition) is 1. The van der Waals surface area contributed by atoms with Crippen molar-refractivity contribution in [3.63, 3.8) is 0 Å². The number of carbonyl (C=O) groups excluding carboxylic acids is 2. The van der Waals surface area contributed by atoms with Gasteiger partial charge in [-0.15, -0.1) is 0 Å². The molecule has 1 aliphatic carbocycles. The lowest BCUT2D eigenvalue weighted by Gasteiger charge is -2.32. The van der Waals surface area contributed by atoms with Crippen LogP contribution in [0.25, 0.3) is 0 Å². The average Bonchev–Trinajstić information content (AvgIpc) is 3.31. The van der Waals surface area contributed by atoms with Gasteiger partial charge in [0.1, 0.15) is 5.82 Å². The molecule has 26 heavy (non-hydrogen) atoms. The fraction of sp³-hybridized carbons (Fsp3) is 0.750. The second kappa shape index (κ2) is 8.69. The topological polar surface area (TPSA) is 67.2 Å². The fourth-order valence-electron chi connectivity index (χ4n) is 4.24. The summed E-state index contributed by atoms with van der Waals surface area (Å²) >= 11 is 0. The number of carbonyl (C=O) groups is 2. The molecule has 1 aromatic heterocycles. The first-order chi connectivity index (χ1) is 12.6. The Morgan fingerprint density at radius 2 is 1.85 bits per heavy atom. The largest absolute Gasteiger partial charge is 0.342 e. The molecule has 1 saturated carbocycles. The van der Waals surface area contributed by atoms with Gasteiger partial charge in [-0.1, -0.05) is 26.2 Å². The molecule has 2 amide bonds. The molecule has 0 spiro atoms. The van der Waals surface area contributed by atoms with Crippen molar-refractivity contribution < 1.29 is 9.59 Å². The molecule has 1 aliphatic heterocycles. The number of hydrogen-bond acceptors (Lipinski definition) is 3. The Kier molecular flexibility index (Phi) is 6.33. The molecule has 3 rings (SSSR count). The summed E-state index contributed by atoms with van der Waals surface area (Å²) in [4.78, 5) is 27.9. The summed E-state index contributed by atoms with van der Waals surface area (Å²) in [7, 11) is 0. The molecular weight excluding hydrogens is 328 g/mol. The normalized spacial score (nSPS) is 23.2. The molecule has 6 nitrogen and oxygen atoms in total. The zero-order chi connectivity index (χ0) is 18.5. The van der Waals surface area contributed by atoms with Crippen LogP contribution in [0.1, 0.15) is 63.9 Å². The molecule has 1 aromatic rings. The lowest BCUT2D eigenvalue weighted by molar-refractivity contribution is -0.141. The van der Waals surface area contributed by atoms with Gasteiger partial charge >= 0.3 is 0 Å². The van der Waals surface area contributed by atoms with E-state index in [9.17, 15) is 9.59 Å². The average molecular weight is 361 g/mol. The molecule has 0 bridgehead atoms. The Morgan fingerprint density at radius 3 is 2.54 bits per heavy atom. The molecule has 1 N–H and O–H groups in total. The van der Waals surface area contributed by atoms with Crippen LogP contribution in [0.4, 0.5) is 5.82 Å². The van der Waals surface area contributed by atoms with Gasteiger partial charge < -0.3 is 10.2 Å². The number of unbranched alkanes of at least 4 members (excludes halogenated alkanes) is 1. The van der Waals surface area contributed by atoms with Gasteiger partial charge in [-0.25, -0.2) is 4.68 Å². The number of aryl methyl sites for hydroxylation is 2. The van der Waals surface area contributed by atoms with Crippen LogP contribution in [0.2, 0.25) is 0 Å². The maximum Gasteiger partial charge on any atom is 0.229 e. The molecule has 6 heteroatoms. The molecule has 2 atom stereocenters. The number of likely N-dealkylation sites (tertiary alicyclic amines) is 1. The number of nitrogens with one attached hydrogen (secondary N) is 1. The van der Waals surface area contributed by atoms with Gasteiger partial charge in [0.2, 0.25) is 11.8 Å². The van der Waals surface area contributed by atoms with Crippen LogP contribution in [0, 0.1) is 18.8 Å². The molecule has 2 fully saturated rings. The lowest BCUT2D eigenvalue weighted by atomic mass is 9.78. The first-order valence-electron chi connectivity index (χ1n) is 10.2. The van der Waals surface area contributed by atoms with E-state index in [2.05, 4.69) is 17.3 Å². The number of aromatic nitrogens is 2.